The third-order valence-electron chi connectivity index (χ3n) is 2.98. The van der Waals surface area contributed by atoms with E-state index < -0.39 is 0 Å². The first-order chi connectivity index (χ1) is 7.27. The van der Waals surface area contributed by atoms with Crippen LogP contribution in [0.25, 0.3) is 0 Å². The van der Waals surface area contributed by atoms with Gasteiger partial charge in [-0.1, -0.05) is 6.92 Å². The van der Waals surface area contributed by atoms with Gasteiger partial charge in [-0.15, -0.1) is 0 Å². The molecule has 4 heteroatoms. The van der Waals surface area contributed by atoms with Crippen molar-refractivity contribution in [2.24, 2.45) is 5.92 Å². The Kier molecular flexibility index (Phi) is 5.65. The summed E-state index contributed by atoms with van der Waals surface area (Å²) >= 11 is 0. The lowest BCUT2D eigenvalue weighted by atomic mass is 9.98. The van der Waals surface area contributed by atoms with E-state index in [9.17, 15) is 4.79 Å². The molecule has 3 N–H and O–H groups in total. The molecule has 1 fully saturated rings. The van der Waals surface area contributed by atoms with E-state index in [2.05, 4.69) is 10.6 Å². The van der Waals surface area contributed by atoms with E-state index in [-0.39, 0.29) is 24.5 Å². The number of hydrogen-bond donors (Lipinski definition) is 3. The predicted octanol–water partition coefficient (Wildman–Crippen LogP) is 0.263. The summed E-state index contributed by atoms with van der Waals surface area (Å²) in [5.41, 5.74) is 0. The van der Waals surface area contributed by atoms with Gasteiger partial charge in [0.15, 0.2) is 0 Å². The second-order valence-electron chi connectivity index (χ2n) is 4.17. The summed E-state index contributed by atoms with van der Waals surface area (Å²) in [5.74, 6) is 0.258. The number of rotatable bonds is 5. The number of nitrogens with one attached hydrogen (secondary N) is 2. The standard InChI is InChI=1S/C11H22N2O2/c1-2-10(5-7-14)13-11(15)9-4-3-6-12-8-9/h9-10,12,14H,2-8H2,1H3,(H,13,15)/t9-,10?/m1/s1. The minimum Gasteiger partial charge on any atom is -0.396 e. The van der Waals surface area contributed by atoms with Gasteiger partial charge in [0.2, 0.25) is 5.91 Å². The lowest BCUT2D eigenvalue weighted by Crippen LogP contribution is -2.44. The maximum absolute atomic E-state index is 11.8. The van der Waals surface area contributed by atoms with Gasteiger partial charge in [-0.25, -0.2) is 0 Å². The topological polar surface area (TPSA) is 61.4 Å². The molecule has 0 aromatic carbocycles. The van der Waals surface area contributed by atoms with Gasteiger partial charge in [-0.2, -0.15) is 0 Å². The fraction of sp³-hybridized carbons (Fsp3) is 0.909. The number of carbonyl (C=O) groups excluding carboxylic acids is 1. The maximum atomic E-state index is 11.8. The average molecular weight is 214 g/mol. The highest BCUT2D eigenvalue weighted by atomic mass is 16.3. The smallest absolute Gasteiger partial charge is 0.224 e. The van der Waals surface area contributed by atoms with E-state index in [1.807, 2.05) is 6.92 Å². The molecule has 0 aromatic rings. The Labute approximate surface area is 91.4 Å². The van der Waals surface area contributed by atoms with Crippen molar-refractivity contribution in [1.29, 1.82) is 0 Å². The van der Waals surface area contributed by atoms with Crippen molar-refractivity contribution in [3.8, 4) is 0 Å². The summed E-state index contributed by atoms with van der Waals surface area (Å²) in [6, 6.07) is 0.129. The van der Waals surface area contributed by atoms with E-state index in [0.29, 0.717) is 6.42 Å². The molecular formula is C11H22N2O2. The summed E-state index contributed by atoms with van der Waals surface area (Å²) < 4.78 is 0. The predicted molar refractivity (Wildman–Crippen MR) is 59.5 cm³/mol. The molecule has 1 unspecified atom stereocenters. The van der Waals surface area contributed by atoms with E-state index in [1.165, 1.54) is 0 Å². The van der Waals surface area contributed by atoms with Gasteiger partial charge in [0.1, 0.15) is 0 Å². The first-order valence-electron chi connectivity index (χ1n) is 5.89. The molecule has 0 saturated carbocycles. The Hall–Kier alpha value is -0.610. The molecule has 1 rings (SSSR count). The molecule has 0 spiro atoms. The Bertz CT molecular complexity index is 191. The maximum Gasteiger partial charge on any atom is 0.224 e. The van der Waals surface area contributed by atoms with Crippen LogP contribution in [0.4, 0.5) is 0 Å². The molecule has 0 radical (unpaired) electrons. The Morgan fingerprint density at radius 2 is 2.47 bits per heavy atom. The third kappa shape index (κ3) is 4.18. The van der Waals surface area contributed by atoms with E-state index in [1.54, 1.807) is 0 Å². The monoisotopic (exact) mass is 214 g/mol. The molecule has 4 nitrogen and oxygen atoms in total. The van der Waals surface area contributed by atoms with Crippen LogP contribution in [0.2, 0.25) is 0 Å². The first-order valence-corrected chi connectivity index (χ1v) is 5.89. The molecule has 1 saturated heterocycles. The van der Waals surface area contributed by atoms with Crippen molar-refractivity contribution in [2.75, 3.05) is 19.7 Å². The van der Waals surface area contributed by atoms with E-state index >= 15 is 0 Å². The van der Waals surface area contributed by atoms with Crippen LogP contribution in [-0.2, 0) is 4.79 Å². The lowest BCUT2D eigenvalue weighted by Gasteiger charge is -2.24. The van der Waals surface area contributed by atoms with Crippen molar-refractivity contribution < 1.29 is 9.90 Å². The minimum atomic E-state index is 0.117. The van der Waals surface area contributed by atoms with Crippen LogP contribution in [-0.4, -0.2) is 36.8 Å². The van der Waals surface area contributed by atoms with Crippen molar-refractivity contribution in [2.45, 2.75) is 38.6 Å². The van der Waals surface area contributed by atoms with Crippen LogP contribution < -0.4 is 10.6 Å². The number of amides is 1. The van der Waals surface area contributed by atoms with Gasteiger partial charge in [0, 0.05) is 19.2 Å². The Balaban J connectivity index is 2.31. The van der Waals surface area contributed by atoms with Crippen molar-refractivity contribution in [3.05, 3.63) is 0 Å². The molecule has 1 aliphatic heterocycles. The van der Waals surface area contributed by atoms with Gasteiger partial charge in [-0.05, 0) is 32.2 Å². The molecule has 1 aliphatic rings. The molecule has 0 aromatic heterocycles. The van der Waals surface area contributed by atoms with Crippen molar-refractivity contribution in [1.82, 2.24) is 10.6 Å². The number of piperidine rings is 1. The minimum absolute atomic E-state index is 0.117. The van der Waals surface area contributed by atoms with Gasteiger partial charge in [0.25, 0.3) is 0 Å². The van der Waals surface area contributed by atoms with Crippen LogP contribution in [0, 0.1) is 5.92 Å². The van der Waals surface area contributed by atoms with Crippen LogP contribution in [0.1, 0.15) is 32.6 Å². The van der Waals surface area contributed by atoms with Gasteiger partial charge >= 0.3 is 0 Å². The molecule has 1 heterocycles. The third-order valence-corrected chi connectivity index (χ3v) is 2.98. The number of hydrogen-bond acceptors (Lipinski definition) is 3. The fourth-order valence-electron chi connectivity index (χ4n) is 1.93. The highest BCUT2D eigenvalue weighted by Gasteiger charge is 2.22. The highest BCUT2D eigenvalue weighted by Crippen LogP contribution is 2.10. The van der Waals surface area contributed by atoms with Crippen LogP contribution >= 0.6 is 0 Å². The van der Waals surface area contributed by atoms with E-state index in [4.69, 9.17) is 5.11 Å². The zero-order chi connectivity index (χ0) is 11.1. The lowest BCUT2D eigenvalue weighted by molar-refractivity contribution is -0.126. The average Bonchev–Trinajstić information content (AvgIpc) is 2.29. The van der Waals surface area contributed by atoms with Gasteiger partial charge in [-0.3, -0.25) is 4.79 Å². The Morgan fingerprint density at radius 1 is 1.67 bits per heavy atom. The van der Waals surface area contributed by atoms with Crippen LogP contribution in [0.5, 0.6) is 0 Å². The highest BCUT2D eigenvalue weighted by molar-refractivity contribution is 5.79. The quantitative estimate of drug-likeness (QED) is 0.615. The molecule has 88 valence electrons. The first kappa shape index (κ1) is 12.5. The summed E-state index contributed by atoms with van der Waals surface area (Å²) in [6.07, 6.45) is 3.60. The molecule has 2 atom stereocenters. The van der Waals surface area contributed by atoms with Gasteiger partial charge in [0.05, 0.1) is 5.92 Å². The second kappa shape index (κ2) is 6.80. The fourth-order valence-corrected chi connectivity index (χ4v) is 1.93. The number of carbonyl (C=O) groups is 1. The largest absolute Gasteiger partial charge is 0.396 e. The molecule has 15 heavy (non-hydrogen) atoms. The normalized spacial score (nSPS) is 23.5. The SMILES string of the molecule is CCC(CCO)NC(=O)[C@@H]1CCCNC1. The molecular weight excluding hydrogens is 192 g/mol. The molecule has 0 aliphatic carbocycles. The summed E-state index contributed by atoms with van der Waals surface area (Å²) in [4.78, 5) is 11.8. The number of aliphatic hydroxyl groups is 1. The summed E-state index contributed by atoms with van der Waals surface area (Å²) in [7, 11) is 0. The summed E-state index contributed by atoms with van der Waals surface area (Å²) in [6.45, 7) is 3.99. The number of aliphatic hydroxyl groups excluding tert-OH is 1. The molecule has 1 amide bonds. The van der Waals surface area contributed by atoms with E-state index in [0.717, 1.165) is 32.4 Å². The van der Waals surface area contributed by atoms with Crippen molar-refractivity contribution in [3.63, 3.8) is 0 Å². The van der Waals surface area contributed by atoms with Gasteiger partial charge < -0.3 is 15.7 Å². The zero-order valence-corrected chi connectivity index (χ0v) is 9.46. The molecule has 0 bridgehead atoms. The van der Waals surface area contributed by atoms with Crippen molar-refractivity contribution >= 4 is 5.91 Å². The van der Waals surface area contributed by atoms with Crippen LogP contribution in [0.15, 0.2) is 0 Å². The zero-order valence-electron chi connectivity index (χ0n) is 9.46. The Morgan fingerprint density at radius 3 is 3.00 bits per heavy atom. The summed E-state index contributed by atoms with van der Waals surface area (Å²) in [5, 5.41) is 15.1. The van der Waals surface area contributed by atoms with Crippen LogP contribution in [0.3, 0.4) is 0 Å². The second-order valence-corrected chi connectivity index (χ2v) is 4.17.